The van der Waals surface area contributed by atoms with E-state index in [4.69, 9.17) is 4.74 Å². The Balaban J connectivity index is 1.30. The Morgan fingerprint density at radius 3 is 2.42 bits per heavy atom. The van der Waals surface area contributed by atoms with Gasteiger partial charge in [-0.25, -0.2) is 8.78 Å². The summed E-state index contributed by atoms with van der Waals surface area (Å²) in [6.07, 6.45) is 4.01. The van der Waals surface area contributed by atoms with Crippen molar-refractivity contribution in [3.63, 3.8) is 0 Å². The summed E-state index contributed by atoms with van der Waals surface area (Å²) < 4.78 is 32.8. The standard InChI is InChI=1S/C27H31F2N3O/c1-31(27(25-7-4-5-15-30-25)22-9-11-23(28)12-10-22)20-21-13-16-32(17-14-21)18-19-33-26-8-3-2-6-24(26)29/h2-12,15,21,27H,13-14,16-20H2,1H3/t27-/m1/s1. The van der Waals surface area contributed by atoms with Crippen LogP contribution in [0.5, 0.6) is 5.75 Å². The Morgan fingerprint density at radius 1 is 1.00 bits per heavy atom. The number of likely N-dealkylation sites (tertiary alicyclic amines) is 1. The molecule has 1 aliphatic heterocycles. The molecule has 0 unspecified atom stereocenters. The number of aromatic nitrogens is 1. The van der Waals surface area contributed by atoms with Gasteiger partial charge in [-0.1, -0.05) is 30.3 Å². The molecule has 0 spiro atoms. The lowest BCUT2D eigenvalue weighted by molar-refractivity contribution is 0.127. The number of hydrogen-bond donors (Lipinski definition) is 0. The summed E-state index contributed by atoms with van der Waals surface area (Å²) >= 11 is 0. The summed E-state index contributed by atoms with van der Waals surface area (Å²) in [7, 11) is 2.12. The van der Waals surface area contributed by atoms with Crippen LogP contribution in [0.25, 0.3) is 0 Å². The van der Waals surface area contributed by atoms with E-state index >= 15 is 0 Å². The summed E-state index contributed by atoms with van der Waals surface area (Å²) in [5.41, 5.74) is 2.01. The van der Waals surface area contributed by atoms with Gasteiger partial charge in [0.15, 0.2) is 11.6 Å². The molecule has 4 nitrogen and oxygen atoms in total. The highest BCUT2D eigenvalue weighted by molar-refractivity contribution is 5.28. The van der Waals surface area contributed by atoms with E-state index in [0.29, 0.717) is 18.3 Å². The molecule has 1 fully saturated rings. The molecule has 33 heavy (non-hydrogen) atoms. The number of piperidine rings is 1. The molecule has 174 valence electrons. The first-order valence-corrected chi connectivity index (χ1v) is 11.6. The molecule has 6 heteroatoms. The lowest BCUT2D eigenvalue weighted by Crippen LogP contribution is -2.40. The molecule has 1 aliphatic rings. The minimum atomic E-state index is -0.317. The molecule has 2 aromatic carbocycles. The van der Waals surface area contributed by atoms with Crippen molar-refractivity contribution in [2.45, 2.75) is 18.9 Å². The van der Waals surface area contributed by atoms with Crippen molar-refractivity contribution < 1.29 is 13.5 Å². The van der Waals surface area contributed by atoms with Gasteiger partial charge in [-0.3, -0.25) is 14.8 Å². The zero-order valence-electron chi connectivity index (χ0n) is 19.0. The van der Waals surface area contributed by atoms with E-state index in [1.54, 1.807) is 18.2 Å². The van der Waals surface area contributed by atoms with Gasteiger partial charge in [0.25, 0.3) is 0 Å². The predicted octanol–water partition coefficient (Wildman–Crippen LogP) is 5.17. The number of hydrogen-bond acceptors (Lipinski definition) is 4. The first-order chi connectivity index (χ1) is 16.1. The van der Waals surface area contributed by atoms with E-state index in [-0.39, 0.29) is 17.7 Å². The highest BCUT2D eigenvalue weighted by Gasteiger charge is 2.26. The predicted molar refractivity (Wildman–Crippen MR) is 126 cm³/mol. The second kappa shape index (κ2) is 11.3. The molecule has 4 rings (SSSR count). The van der Waals surface area contributed by atoms with Crippen molar-refractivity contribution in [1.29, 1.82) is 0 Å². The zero-order valence-corrected chi connectivity index (χ0v) is 19.0. The lowest BCUT2D eigenvalue weighted by Gasteiger charge is -2.36. The first kappa shape index (κ1) is 23.3. The maximum atomic E-state index is 13.7. The van der Waals surface area contributed by atoms with Crippen LogP contribution in [0.4, 0.5) is 8.78 Å². The second-order valence-corrected chi connectivity index (χ2v) is 8.71. The molecular formula is C27H31F2N3O. The van der Waals surface area contributed by atoms with Crippen molar-refractivity contribution >= 4 is 0 Å². The molecular weight excluding hydrogens is 420 g/mol. The molecule has 1 atom stereocenters. The number of rotatable bonds is 9. The SMILES string of the molecule is CN(CC1CCN(CCOc2ccccc2F)CC1)[C@H](c1ccc(F)cc1)c1ccccn1. The van der Waals surface area contributed by atoms with Crippen molar-refractivity contribution in [2.24, 2.45) is 5.92 Å². The summed E-state index contributed by atoms with van der Waals surface area (Å²) in [6.45, 7) is 4.23. The minimum Gasteiger partial charge on any atom is -0.489 e. The Kier molecular flexibility index (Phi) is 8.02. The van der Waals surface area contributed by atoms with Gasteiger partial charge in [0.1, 0.15) is 12.4 Å². The average Bonchev–Trinajstić information content (AvgIpc) is 2.83. The van der Waals surface area contributed by atoms with Gasteiger partial charge in [-0.2, -0.15) is 0 Å². The van der Waals surface area contributed by atoms with E-state index in [2.05, 4.69) is 21.8 Å². The van der Waals surface area contributed by atoms with Crippen molar-refractivity contribution in [3.8, 4) is 5.75 Å². The fraction of sp³-hybridized carbons (Fsp3) is 0.370. The highest BCUT2D eigenvalue weighted by Crippen LogP contribution is 2.29. The molecule has 0 bridgehead atoms. The number of ether oxygens (including phenoxy) is 1. The van der Waals surface area contributed by atoms with E-state index in [1.165, 1.54) is 18.2 Å². The molecule has 0 N–H and O–H groups in total. The van der Waals surface area contributed by atoms with Crippen LogP contribution in [-0.2, 0) is 0 Å². The molecule has 0 aliphatic carbocycles. The van der Waals surface area contributed by atoms with Crippen LogP contribution in [0, 0.1) is 17.6 Å². The maximum absolute atomic E-state index is 13.7. The van der Waals surface area contributed by atoms with Crippen LogP contribution >= 0.6 is 0 Å². The molecule has 3 aromatic rings. The largest absolute Gasteiger partial charge is 0.489 e. The quantitative estimate of drug-likeness (QED) is 0.449. The van der Waals surface area contributed by atoms with Crippen LogP contribution < -0.4 is 4.74 Å². The number of halogens is 2. The smallest absolute Gasteiger partial charge is 0.165 e. The highest BCUT2D eigenvalue weighted by atomic mass is 19.1. The summed E-state index contributed by atoms with van der Waals surface area (Å²) in [5.74, 6) is 0.344. The Morgan fingerprint density at radius 2 is 1.73 bits per heavy atom. The number of pyridine rings is 1. The molecule has 0 amide bonds. The number of nitrogens with zero attached hydrogens (tertiary/aromatic N) is 3. The summed E-state index contributed by atoms with van der Waals surface area (Å²) in [6, 6.07) is 19.2. The van der Waals surface area contributed by atoms with Gasteiger partial charge < -0.3 is 4.74 Å². The van der Waals surface area contributed by atoms with Gasteiger partial charge in [-0.15, -0.1) is 0 Å². The van der Waals surface area contributed by atoms with Crippen molar-refractivity contribution in [3.05, 3.63) is 95.8 Å². The average molecular weight is 452 g/mol. The van der Waals surface area contributed by atoms with Gasteiger partial charge in [0.2, 0.25) is 0 Å². The van der Waals surface area contributed by atoms with E-state index in [1.807, 2.05) is 36.5 Å². The van der Waals surface area contributed by atoms with E-state index < -0.39 is 0 Å². The summed E-state index contributed by atoms with van der Waals surface area (Å²) in [5, 5.41) is 0. The normalized spacial score (nSPS) is 16.1. The monoisotopic (exact) mass is 451 g/mol. The van der Waals surface area contributed by atoms with Crippen LogP contribution in [0.3, 0.4) is 0 Å². The fourth-order valence-corrected chi connectivity index (χ4v) is 4.59. The number of para-hydroxylation sites is 1. The zero-order chi connectivity index (χ0) is 23.0. The first-order valence-electron chi connectivity index (χ1n) is 11.6. The topological polar surface area (TPSA) is 28.6 Å². The van der Waals surface area contributed by atoms with Crippen LogP contribution in [-0.4, -0.2) is 54.6 Å². The molecule has 2 heterocycles. The lowest BCUT2D eigenvalue weighted by atomic mass is 9.94. The maximum Gasteiger partial charge on any atom is 0.165 e. The minimum absolute atomic E-state index is 0.0148. The molecule has 0 radical (unpaired) electrons. The summed E-state index contributed by atoms with van der Waals surface area (Å²) in [4.78, 5) is 9.30. The third-order valence-corrected chi connectivity index (χ3v) is 6.35. The Labute approximate surface area is 194 Å². The second-order valence-electron chi connectivity index (χ2n) is 8.71. The van der Waals surface area contributed by atoms with E-state index in [0.717, 1.165) is 50.3 Å². The molecule has 0 saturated carbocycles. The van der Waals surface area contributed by atoms with E-state index in [9.17, 15) is 8.78 Å². The number of benzene rings is 2. The molecule has 1 aromatic heterocycles. The third kappa shape index (κ3) is 6.36. The van der Waals surface area contributed by atoms with Crippen LogP contribution in [0.2, 0.25) is 0 Å². The van der Waals surface area contributed by atoms with Gasteiger partial charge in [0, 0.05) is 19.3 Å². The van der Waals surface area contributed by atoms with Crippen molar-refractivity contribution in [2.75, 3.05) is 39.8 Å². The fourth-order valence-electron chi connectivity index (χ4n) is 4.59. The van der Waals surface area contributed by atoms with Gasteiger partial charge in [-0.05, 0) is 80.9 Å². The van der Waals surface area contributed by atoms with Crippen molar-refractivity contribution in [1.82, 2.24) is 14.8 Å². The Hall–Kier alpha value is -2.83. The Bertz CT molecular complexity index is 992. The third-order valence-electron chi connectivity index (χ3n) is 6.35. The van der Waals surface area contributed by atoms with Crippen LogP contribution in [0.1, 0.15) is 30.1 Å². The molecule has 1 saturated heterocycles. The van der Waals surface area contributed by atoms with Gasteiger partial charge >= 0.3 is 0 Å². The van der Waals surface area contributed by atoms with Crippen LogP contribution in [0.15, 0.2) is 72.9 Å². The van der Waals surface area contributed by atoms with Gasteiger partial charge in [0.05, 0.1) is 11.7 Å².